The highest BCUT2D eigenvalue weighted by atomic mass is 19.1. The molecule has 1 N–H and O–H groups in total. The summed E-state index contributed by atoms with van der Waals surface area (Å²) in [6.45, 7) is -0.696. The molecule has 0 bridgehead atoms. The van der Waals surface area contributed by atoms with Crippen molar-refractivity contribution in [3.05, 3.63) is 43.0 Å². The van der Waals surface area contributed by atoms with Gasteiger partial charge in [-0.25, -0.2) is 29.0 Å². The van der Waals surface area contributed by atoms with Crippen LogP contribution < -0.4 is 10.2 Å². The largest absolute Gasteiger partial charge is 0.335 e. The molecular weight excluding hydrogens is 249 g/mol. The molecule has 0 spiro atoms. The predicted octanol–water partition coefficient (Wildman–Crippen LogP) is 1.69. The summed E-state index contributed by atoms with van der Waals surface area (Å²) in [6, 6.07) is 8.37. The van der Waals surface area contributed by atoms with Crippen molar-refractivity contribution >= 4 is 17.7 Å². The average molecular weight is 261 g/mol. The number of aromatic nitrogens is 3. The fourth-order valence-electron chi connectivity index (χ4n) is 1.48. The molecule has 0 aliphatic rings. The van der Waals surface area contributed by atoms with E-state index in [2.05, 4.69) is 20.3 Å². The number of benzene rings is 1. The molecule has 2 rings (SSSR count). The van der Waals surface area contributed by atoms with Gasteiger partial charge in [-0.3, -0.25) is 0 Å². The molecule has 1 aromatic heterocycles. The summed E-state index contributed by atoms with van der Waals surface area (Å²) in [6.07, 6.45) is 2.58. The van der Waals surface area contributed by atoms with Crippen LogP contribution in [-0.4, -0.2) is 34.2 Å². The maximum atomic E-state index is 12.1. The molecule has 7 heteroatoms. The molecule has 0 aliphatic heterocycles. The van der Waals surface area contributed by atoms with Crippen LogP contribution in [0.2, 0.25) is 0 Å². The number of carbonyl (C=O) groups is 1. The zero-order chi connectivity index (χ0) is 13.5. The third-order valence-electron chi connectivity index (χ3n) is 2.27. The van der Waals surface area contributed by atoms with Gasteiger partial charge in [0, 0.05) is 6.54 Å². The van der Waals surface area contributed by atoms with Crippen molar-refractivity contribution in [1.29, 1.82) is 0 Å². The van der Waals surface area contributed by atoms with Crippen LogP contribution in [0.4, 0.5) is 20.8 Å². The van der Waals surface area contributed by atoms with Crippen molar-refractivity contribution in [3.8, 4) is 0 Å². The number of nitrogens with one attached hydrogen (secondary N) is 1. The Labute approximate surface area is 109 Å². The van der Waals surface area contributed by atoms with Gasteiger partial charge in [0.15, 0.2) is 0 Å². The summed E-state index contributed by atoms with van der Waals surface area (Å²) in [5.41, 5.74) is 0.588. The number of hydrogen-bond donors (Lipinski definition) is 1. The van der Waals surface area contributed by atoms with Crippen LogP contribution in [0.25, 0.3) is 0 Å². The number of nitrogens with zero attached hydrogens (tertiary/aromatic N) is 4. The first-order chi connectivity index (χ1) is 9.33. The molecule has 0 atom stereocenters. The van der Waals surface area contributed by atoms with Crippen LogP contribution in [0.15, 0.2) is 43.0 Å². The molecule has 0 unspecified atom stereocenters. The number of hydrogen-bond acceptors (Lipinski definition) is 4. The van der Waals surface area contributed by atoms with E-state index < -0.39 is 12.7 Å². The Hall–Kier alpha value is -2.57. The number of rotatable bonds is 4. The Morgan fingerprint density at radius 2 is 1.89 bits per heavy atom. The number of urea groups is 1. The SMILES string of the molecule is O=C(NCCF)N(c1ccccc1)c1ncncn1. The normalized spacial score (nSPS) is 9.95. The maximum absolute atomic E-state index is 12.1. The standard InChI is InChI=1S/C12H12FN5O/c13-6-7-15-12(19)18(10-4-2-1-3-5-10)11-16-8-14-9-17-11/h1-5,8-9H,6-7H2,(H,15,19). The van der Waals surface area contributed by atoms with Crippen molar-refractivity contribution in [2.24, 2.45) is 0 Å². The molecule has 0 saturated carbocycles. The van der Waals surface area contributed by atoms with Crippen LogP contribution in [0.5, 0.6) is 0 Å². The second-order valence-corrected chi connectivity index (χ2v) is 3.53. The van der Waals surface area contributed by atoms with Crippen LogP contribution in [0.1, 0.15) is 0 Å². The van der Waals surface area contributed by atoms with Gasteiger partial charge in [-0.2, -0.15) is 0 Å². The summed E-state index contributed by atoms with van der Waals surface area (Å²) in [5.74, 6) is 0.178. The van der Waals surface area contributed by atoms with Crippen LogP contribution in [-0.2, 0) is 0 Å². The van der Waals surface area contributed by atoms with Gasteiger partial charge in [-0.15, -0.1) is 0 Å². The van der Waals surface area contributed by atoms with Crippen molar-refractivity contribution in [3.63, 3.8) is 0 Å². The van der Waals surface area contributed by atoms with Crippen LogP contribution in [0.3, 0.4) is 0 Å². The molecule has 98 valence electrons. The second kappa shape index (κ2) is 6.39. The summed E-state index contributed by atoms with van der Waals surface area (Å²) in [5, 5.41) is 2.44. The van der Waals surface area contributed by atoms with E-state index in [1.807, 2.05) is 6.07 Å². The Morgan fingerprint density at radius 3 is 2.53 bits per heavy atom. The van der Waals surface area contributed by atoms with Gasteiger partial charge in [0.25, 0.3) is 0 Å². The fourth-order valence-corrected chi connectivity index (χ4v) is 1.48. The lowest BCUT2D eigenvalue weighted by Crippen LogP contribution is -2.38. The Morgan fingerprint density at radius 1 is 1.21 bits per heavy atom. The first kappa shape index (κ1) is 12.9. The lowest BCUT2D eigenvalue weighted by molar-refractivity contribution is 0.247. The number of amides is 2. The van der Waals surface area contributed by atoms with Gasteiger partial charge in [-0.1, -0.05) is 18.2 Å². The summed E-state index contributed by atoms with van der Waals surface area (Å²) < 4.78 is 12.1. The summed E-state index contributed by atoms with van der Waals surface area (Å²) in [4.78, 5) is 24.9. The monoisotopic (exact) mass is 261 g/mol. The Balaban J connectivity index is 2.31. The summed E-state index contributed by atoms with van der Waals surface area (Å²) >= 11 is 0. The minimum absolute atomic E-state index is 0.0623. The quantitative estimate of drug-likeness (QED) is 0.909. The van der Waals surface area contributed by atoms with E-state index >= 15 is 0 Å². The molecule has 1 aromatic carbocycles. The molecule has 0 radical (unpaired) electrons. The molecule has 0 fully saturated rings. The van der Waals surface area contributed by atoms with E-state index in [9.17, 15) is 9.18 Å². The van der Waals surface area contributed by atoms with Gasteiger partial charge < -0.3 is 5.32 Å². The summed E-state index contributed by atoms with van der Waals surface area (Å²) in [7, 11) is 0. The third kappa shape index (κ3) is 3.21. The number of para-hydroxylation sites is 1. The second-order valence-electron chi connectivity index (χ2n) is 3.53. The molecule has 19 heavy (non-hydrogen) atoms. The number of halogens is 1. The molecule has 1 heterocycles. The zero-order valence-corrected chi connectivity index (χ0v) is 10.0. The van der Waals surface area contributed by atoms with E-state index in [4.69, 9.17) is 0 Å². The molecule has 0 saturated heterocycles. The molecular formula is C12H12FN5O. The number of anilines is 2. The van der Waals surface area contributed by atoms with Crippen LogP contribution in [0, 0.1) is 0 Å². The van der Waals surface area contributed by atoms with E-state index in [1.54, 1.807) is 24.3 Å². The highest BCUT2D eigenvalue weighted by molar-refractivity contribution is 5.97. The maximum Gasteiger partial charge on any atom is 0.329 e. The van der Waals surface area contributed by atoms with Gasteiger partial charge in [0.05, 0.1) is 5.69 Å². The highest BCUT2D eigenvalue weighted by Gasteiger charge is 2.19. The van der Waals surface area contributed by atoms with Crippen molar-refractivity contribution in [2.45, 2.75) is 0 Å². The zero-order valence-electron chi connectivity index (χ0n) is 10.0. The Kier molecular flexibility index (Phi) is 4.33. The topological polar surface area (TPSA) is 71.0 Å². The van der Waals surface area contributed by atoms with Gasteiger partial charge >= 0.3 is 6.03 Å². The molecule has 2 amide bonds. The molecule has 2 aromatic rings. The van der Waals surface area contributed by atoms with Crippen LogP contribution >= 0.6 is 0 Å². The Bertz CT molecular complexity index is 483. The molecule has 0 aliphatic carbocycles. The predicted molar refractivity (Wildman–Crippen MR) is 67.8 cm³/mol. The van der Waals surface area contributed by atoms with Crippen molar-refractivity contribution in [2.75, 3.05) is 18.1 Å². The van der Waals surface area contributed by atoms with Gasteiger partial charge in [0.2, 0.25) is 5.95 Å². The molecule has 6 nitrogen and oxygen atoms in total. The smallest absolute Gasteiger partial charge is 0.329 e. The number of carbonyl (C=O) groups excluding carboxylic acids is 1. The lowest BCUT2D eigenvalue weighted by Gasteiger charge is -2.20. The van der Waals surface area contributed by atoms with E-state index in [1.165, 1.54) is 17.6 Å². The third-order valence-corrected chi connectivity index (χ3v) is 2.27. The van der Waals surface area contributed by atoms with E-state index in [-0.39, 0.29) is 12.5 Å². The first-order valence-corrected chi connectivity index (χ1v) is 5.64. The van der Waals surface area contributed by atoms with Crippen molar-refractivity contribution < 1.29 is 9.18 Å². The first-order valence-electron chi connectivity index (χ1n) is 5.64. The average Bonchev–Trinajstić information content (AvgIpc) is 2.47. The highest BCUT2D eigenvalue weighted by Crippen LogP contribution is 2.20. The lowest BCUT2D eigenvalue weighted by atomic mass is 10.3. The van der Waals surface area contributed by atoms with Gasteiger partial charge in [0.1, 0.15) is 19.3 Å². The number of alkyl halides is 1. The minimum Gasteiger partial charge on any atom is -0.335 e. The van der Waals surface area contributed by atoms with E-state index in [0.29, 0.717) is 5.69 Å². The van der Waals surface area contributed by atoms with Crippen molar-refractivity contribution in [1.82, 2.24) is 20.3 Å². The fraction of sp³-hybridized carbons (Fsp3) is 0.167. The van der Waals surface area contributed by atoms with Gasteiger partial charge in [-0.05, 0) is 12.1 Å². The minimum atomic E-state index is -0.633. The van der Waals surface area contributed by atoms with E-state index in [0.717, 1.165) is 0 Å².